The minimum Gasteiger partial charge on any atom is -0.370 e. The van der Waals surface area contributed by atoms with Crippen LogP contribution < -0.4 is 11.5 Å². The maximum absolute atomic E-state index is 11.3. The van der Waals surface area contributed by atoms with Crippen LogP contribution in [0.2, 0.25) is 0 Å². The quantitative estimate of drug-likeness (QED) is 0.478. The van der Waals surface area contributed by atoms with E-state index < -0.39 is 0 Å². The Morgan fingerprint density at radius 1 is 0.846 bits per heavy atom. The highest BCUT2D eigenvalue weighted by molar-refractivity contribution is 6.23. The molecule has 0 radical (unpaired) electrons. The lowest BCUT2D eigenvalue weighted by atomic mass is 9.84. The molecular formula is C23H24N2O. The van der Waals surface area contributed by atoms with E-state index in [-0.39, 0.29) is 5.91 Å². The molecule has 3 nitrogen and oxygen atoms in total. The molecule has 4 aromatic rings. The molecule has 0 aliphatic heterocycles. The highest BCUT2D eigenvalue weighted by atomic mass is 16.1. The van der Waals surface area contributed by atoms with Gasteiger partial charge in [0.2, 0.25) is 5.91 Å². The summed E-state index contributed by atoms with van der Waals surface area (Å²) in [5, 5.41) is 7.76. The maximum Gasteiger partial charge on any atom is 0.217 e. The number of amides is 1. The number of hydrogen-bond donors (Lipinski definition) is 2. The molecule has 0 fully saturated rings. The topological polar surface area (TPSA) is 69.1 Å². The molecule has 26 heavy (non-hydrogen) atoms. The van der Waals surface area contributed by atoms with Gasteiger partial charge < -0.3 is 11.5 Å². The summed E-state index contributed by atoms with van der Waals surface area (Å²) >= 11 is 0. The smallest absolute Gasteiger partial charge is 0.217 e. The molecule has 0 saturated carbocycles. The Kier molecular flexibility index (Phi) is 4.48. The van der Waals surface area contributed by atoms with Gasteiger partial charge in [0.05, 0.1) is 0 Å². The summed E-state index contributed by atoms with van der Waals surface area (Å²) in [5.41, 5.74) is 12.5. The molecule has 0 aliphatic rings. The lowest BCUT2D eigenvalue weighted by Gasteiger charge is -2.21. The molecule has 1 atom stereocenters. The van der Waals surface area contributed by atoms with Crippen molar-refractivity contribution in [2.24, 2.45) is 11.5 Å². The van der Waals surface area contributed by atoms with Crippen LogP contribution in [0.3, 0.4) is 0 Å². The summed E-state index contributed by atoms with van der Waals surface area (Å²) < 4.78 is 0. The van der Waals surface area contributed by atoms with Gasteiger partial charge in [0.25, 0.3) is 0 Å². The van der Waals surface area contributed by atoms with Gasteiger partial charge in [0.15, 0.2) is 0 Å². The average Bonchev–Trinajstić information content (AvgIpc) is 2.66. The molecule has 1 amide bonds. The molecule has 4 aromatic carbocycles. The standard InChI is InChI=1S/C23H24N2O/c24-14-2-5-15(10-13-21(25)26)19-11-8-18-7-6-16-3-1-4-17-9-12-20(19)23(18)22(16)17/h1,3-4,6-9,11-12,15H,2,5,10,13-14,24H2,(H2,25,26). The van der Waals surface area contributed by atoms with Crippen molar-refractivity contribution in [2.45, 2.75) is 31.6 Å². The number of carbonyl (C=O) groups is 1. The molecule has 4 rings (SSSR count). The Bertz CT molecular complexity index is 1050. The SMILES string of the molecule is NCCCC(CCC(N)=O)c1ccc2ccc3cccc4ccc1c2c34. The third-order valence-corrected chi connectivity index (χ3v) is 5.50. The predicted molar refractivity (Wildman–Crippen MR) is 110 cm³/mol. The van der Waals surface area contributed by atoms with E-state index in [1.54, 1.807) is 0 Å². The number of nitrogens with two attached hydrogens (primary N) is 2. The first-order valence-electron chi connectivity index (χ1n) is 9.34. The van der Waals surface area contributed by atoms with Crippen molar-refractivity contribution < 1.29 is 4.79 Å². The molecule has 0 aromatic heterocycles. The van der Waals surface area contributed by atoms with Crippen molar-refractivity contribution in [3.63, 3.8) is 0 Å². The lowest BCUT2D eigenvalue weighted by molar-refractivity contribution is -0.118. The first-order chi connectivity index (χ1) is 12.7. The van der Waals surface area contributed by atoms with Crippen LogP contribution in [0.15, 0.2) is 54.6 Å². The zero-order valence-electron chi connectivity index (χ0n) is 14.9. The fourth-order valence-corrected chi connectivity index (χ4v) is 4.25. The Morgan fingerprint density at radius 3 is 2.19 bits per heavy atom. The average molecular weight is 344 g/mol. The monoisotopic (exact) mass is 344 g/mol. The third kappa shape index (κ3) is 2.89. The normalized spacial score (nSPS) is 13.0. The second-order valence-electron chi connectivity index (χ2n) is 7.14. The summed E-state index contributed by atoms with van der Waals surface area (Å²) in [5.74, 6) is 0.0658. The van der Waals surface area contributed by atoms with Gasteiger partial charge in [0, 0.05) is 6.42 Å². The van der Waals surface area contributed by atoms with Gasteiger partial charge in [0.1, 0.15) is 0 Å². The van der Waals surface area contributed by atoms with E-state index in [0.29, 0.717) is 18.9 Å². The number of carbonyl (C=O) groups excluding carboxylic acids is 1. The van der Waals surface area contributed by atoms with Crippen LogP contribution >= 0.6 is 0 Å². The predicted octanol–water partition coefficient (Wildman–Crippen LogP) is 4.67. The van der Waals surface area contributed by atoms with Crippen LogP contribution in [0.5, 0.6) is 0 Å². The van der Waals surface area contributed by atoms with Gasteiger partial charge in [-0.05, 0) is 69.6 Å². The highest BCUT2D eigenvalue weighted by Crippen LogP contribution is 2.39. The van der Waals surface area contributed by atoms with E-state index in [1.807, 2.05) is 0 Å². The molecular weight excluding hydrogens is 320 g/mol. The molecule has 0 spiro atoms. The maximum atomic E-state index is 11.3. The lowest BCUT2D eigenvalue weighted by Crippen LogP contribution is -2.13. The van der Waals surface area contributed by atoms with Crippen LogP contribution in [0.1, 0.15) is 37.2 Å². The molecule has 0 aliphatic carbocycles. The first kappa shape index (κ1) is 16.8. The second kappa shape index (κ2) is 6.93. The number of primary amides is 1. The van der Waals surface area contributed by atoms with Crippen LogP contribution in [0, 0.1) is 0 Å². The fourth-order valence-electron chi connectivity index (χ4n) is 4.25. The Labute approximate surface area is 153 Å². The van der Waals surface area contributed by atoms with Gasteiger partial charge in [-0.1, -0.05) is 54.6 Å². The van der Waals surface area contributed by atoms with Crippen molar-refractivity contribution in [2.75, 3.05) is 6.54 Å². The highest BCUT2D eigenvalue weighted by Gasteiger charge is 2.18. The Hall–Kier alpha value is -2.65. The van der Waals surface area contributed by atoms with Gasteiger partial charge in [-0.3, -0.25) is 4.79 Å². The van der Waals surface area contributed by atoms with Crippen molar-refractivity contribution >= 4 is 38.2 Å². The third-order valence-electron chi connectivity index (χ3n) is 5.50. The van der Waals surface area contributed by atoms with Crippen LogP contribution in [0.25, 0.3) is 32.3 Å². The van der Waals surface area contributed by atoms with Crippen LogP contribution in [0.4, 0.5) is 0 Å². The molecule has 1 unspecified atom stereocenters. The van der Waals surface area contributed by atoms with Crippen molar-refractivity contribution in [1.82, 2.24) is 0 Å². The number of rotatable bonds is 7. The van der Waals surface area contributed by atoms with Crippen molar-refractivity contribution in [1.29, 1.82) is 0 Å². The minimum atomic E-state index is -0.236. The van der Waals surface area contributed by atoms with E-state index >= 15 is 0 Å². The Balaban J connectivity index is 1.91. The summed E-state index contributed by atoms with van der Waals surface area (Å²) in [6.45, 7) is 0.666. The molecule has 0 saturated heterocycles. The van der Waals surface area contributed by atoms with E-state index in [9.17, 15) is 4.79 Å². The van der Waals surface area contributed by atoms with Crippen LogP contribution in [-0.4, -0.2) is 12.5 Å². The molecule has 0 heterocycles. The van der Waals surface area contributed by atoms with Gasteiger partial charge in [-0.2, -0.15) is 0 Å². The molecule has 0 bridgehead atoms. The van der Waals surface area contributed by atoms with E-state index in [1.165, 1.54) is 37.9 Å². The molecule has 4 N–H and O–H groups in total. The van der Waals surface area contributed by atoms with Gasteiger partial charge in [-0.25, -0.2) is 0 Å². The zero-order valence-corrected chi connectivity index (χ0v) is 14.9. The fraction of sp³-hybridized carbons (Fsp3) is 0.261. The summed E-state index contributed by atoms with van der Waals surface area (Å²) in [6.07, 6.45) is 3.12. The van der Waals surface area contributed by atoms with Gasteiger partial charge >= 0.3 is 0 Å². The number of hydrogen-bond acceptors (Lipinski definition) is 2. The van der Waals surface area contributed by atoms with Crippen molar-refractivity contribution in [3.8, 4) is 0 Å². The Morgan fingerprint density at radius 2 is 1.50 bits per heavy atom. The second-order valence-corrected chi connectivity index (χ2v) is 7.14. The largest absolute Gasteiger partial charge is 0.370 e. The van der Waals surface area contributed by atoms with E-state index in [2.05, 4.69) is 54.6 Å². The summed E-state index contributed by atoms with van der Waals surface area (Å²) in [4.78, 5) is 11.3. The first-order valence-corrected chi connectivity index (χ1v) is 9.34. The van der Waals surface area contributed by atoms with E-state index in [0.717, 1.165) is 19.3 Å². The van der Waals surface area contributed by atoms with E-state index in [4.69, 9.17) is 11.5 Å². The van der Waals surface area contributed by atoms with Crippen molar-refractivity contribution in [3.05, 3.63) is 60.2 Å². The molecule has 132 valence electrons. The molecule has 3 heteroatoms. The van der Waals surface area contributed by atoms with Gasteiger partial charge in [-0.15, -0.1) is 0 Å². The minimum absolute atomic E-state index is 0.236. The van der Waals surface area contributed by atoms with Crippen LogP contribution in [-0.2, 0) is 4.79 Å². The zero-order chi connectivity index (χ0) is 18.1. The summed E-state index contributed by atoms with van der Waals surface area (Å²) in [6, 6.07) is 19.7. The summed E-state index contributed by atoms with van der Waals surface area (Å²) in [7, 11) is 0. The number of benzene rings is 4.